The van der Waals surface area contributed by atoms with Crippen molar-refractivity contribution < 1.29 is 9.32 Å². The molecule has 2 N–H and O–H groups in total. The van der Waals surface area contributed by atoms with Crippen molar-refractivity contribution in [3.8, 4) is 0 Å². The Kier molecular flexibility index (Phi) is 4.64. The Labute approximate surface area is 131 Å². The second-order valence-electron chi connectivity index (χ2n) is 4.64. The number of aromatic nitrogens is 1. The lowest BCUT2D eigenvalue weighted by Crippen LogP contribution is -2.32. The largest absolute Gasteiger partial charge is 0.374 e. The van der Waals surface area contributed by atoms with Gasteiger partial charge in [-0.2, -0.15) is 0 Å². The molecule has 6 heteroatoms. The highest BCUT2D eigenvalue weighted by Gasteiger charge is 2.14. The summed E-state index contributed by atoms with van der Waals surface area (Å²) in [5.41, 5.74) is 2.13. The van der Waals surface area contributed by atoms with E-state index >= 15 is 0 Å². The molecule has 0 fully saturated rings. The fourth-order valence-corrected chi connectivity index (χ4v) is 2.17. The molecule has 1 atom stereocenters. The molecule has 0 radical (unpaired) electrons. The molecular formula is C14H16IN3O2. The van der Waals surface area contributed by atoms with Crippen molar-refractivity contribution in [2.45, 2.75) is 26.8 Å². The minimum absolute atomic E-state index is 0.158. The molecule has 5 nitrogen and oxygen atoms in total. The molecule has 1 amide bonds. The zero-order valence-corrected chi connectivity index (χ0v) is 13.7. The molecule has 0 bridgehead atoms. The predicted molar refractivity (Wildman–Crippen MR) is 86.9 cm³/mol. The molecule has 1 heterocycles. The highest BCUT2D eigenvalue weighted by molar-refractivity contribution is 14.1. The summed E-state index contributed by atoms with van der Waals surface area (Å²) in [5, 5.41) is 9.60. The summed E-state index contributed by atoms with van der Waals surface area (Å²) in [4.78, 5) is 12.0. The van der Waals surface area contributed by atoms with Crippen molar-refractivity contribution in [3.63, 3.8) is 0 Å². The minimum Gasteiger partial charge on any atom is -0.374 e. The smallest absolute Gasteiger partial charge is 0.247 e. The fraction of sp³-hybridized carbons (Fsp3) is 0.286. The maximum atomic E-state index is 12.0. The van der Waals surface area contributed by atoms with Crippen LogP contribution in [0.5, 0.6) is 0 Å². The summed E-state index contributed by atoms with van der Waals surface area (Å²) < 4.78 is 6.07. The number of amides is 1. The lowest BCUT2D eigenvalue weighted by Gasteiger charge is -2.14. The first kappa shape index (κ1) is 14.8. The maximum Gasteiger partial charge on any atom is 0.247 e. The average Bonchev–Trinajstić information content (AvgIpc) is 2.79. The van der Waals surface area contributed by atoms with Crippen LogP contribution in [0.1, 0.15) is 18.2 Å². The molecule has 0 saturated heterocycles. The van der Waals surface area contributed by atoms with E-state index in [2.05, 4.69) is 45.3 Å². The van der Waals surface area contributed by atoms with E-state index in [0.29, 0.717) is 11.6 Å². The molecule has 2 aromatic rings. The van der Waals surface area contributed by atoms with Crippen LogP contribution in [-0.2, 0) is 4.79 Å². The van der Waals surface area contributed by atoms with Crippen LogP contribution < -0.4 is 10.6 Å². The topological polar surface area (TPSA) is 67.2 Å². The van der Waals surface area contributed by atoms with Gasteiger partial charge >= 0.3 is 0 Å². The van der Waals surface area contributed by atoms with Crippen LogP contribution in [0.4, 0.5) is 11.5 Å². The van der Waals surface area contributed by atoms with E-state index < -0.39 is 0 Å². The highest BCUT2D eigenvalue weighted by atomic mass is 127. The van der Waals surface area contributed by atoms with E-state index in [0.717, 1.165) is 9.26 Å². The predicted octanol–water partition coefficient (Wildman–Crippen LogP) is 3.34. The molecule has 106 valence electrons. The van der Waals surface area contributed by atoms with Crippen molar-refractivity contribution >= 4 is 40.0 Å². The van der Waals surface area contributed by atoms with Gasteiger partial charge in [-0.3, -0.25) is 4.79 Å². The first-order valence-corrected chi connectivity index (χ1v) is 7.30. The minimum atomic E-state index is -0.370. The third-order valence-electron chi connectivity index (χ3n) is 2.83. The maximum absolute atomic E-state index is 12.0. The molecular weight excluding hydrogens is 369 g/mol. The number of hydrogen-bond acceptors (Lipinski definition) is 4. The Hall–Kier alpha value is -1.57. The van der Waals surface area contributed by atoms with E-state index in [9.17, 15) is 4.79 Å². The quantitative estimate of drug-likeness (QED) is 0.793. The SMILES string of the molecule is Cc1cc(NC(=O)[C@H](C)Nc2ccc(C)c(I)c2)no1. The second-order valence-corrected chi connectivity index (χ2v) is 5.80. The number of rotatable bonds is 4. The van der Waals surface area contributed by atoms with Crippen molar-refractivity contribution in [2.75, 3.05) is 10.6 Å². The Morgan fingerprint density at radius 1 is 1.35 bits per heavy atom. The summed E-state index contributed by atoms with van der Waals surface area (Å²) in [6.07, 6.45) is 0. The number of nitrogens with zero attached hydrogens (tertiary/aromatic N) is 1. The highest BCUT2D eigenvalue weighted by Crippen LogP contribution is 2.18. The van der Waals surface area contributed by atoms with Crippen LogP contribution in [0.15, 0.2) is 28.8 Å². The lowest BCUT2D eigenvalue weighted by molar-refractivity contribution is -0.116. The summed E-state index contributed by atoms with van der Waals surface area (Å²) in [7, 11) is 0. The number of halogens is 1. The number of nitrogens with one attached hydrogen (secondary N) is 2. The van der Waals surface area contributed by atoms with Gasteiger partial charge in [-0.25, -0.2) is 0 Å². The fourth-order valence-electron chi connectivity index (χ4n) is 1.66. The first-order valence-electron chi connectivity index (χ1n) is 6.22. The molecule has 0 aliphatic heterocycles. The Balaban J connectivity index is 1.98. The van der Waals surface area contributed by atoms with Crippen molar-refractivity contribution in [1.82, 2.24) is 5.16 Å². The molecule has 0 unspecified atom stereocenters. The van der Waals surface area contributed by atoms with E-state index in [1.165, 1.54) is 5.56 Å². The van der Waals surface area contributed by atoms with E-state index in [1.807, 2.05) is 18.2 Å². The van der Waals surface area contributed by atoms with Crippen LogP contribution in [-0.4, -0.2) is 17.1 Å². The molecule has 0 saturated carbocycles. The summed E-state index contributed by atoms with van der Waals surface area (Å²) in [6, 6.07) is 7.31. The third kappa shape index (κ3) is 3.72. The number of carbonyl (C=O) groups is 1. The monoisotopic (exact) mass is 385 g/mol. The van der Waals surface area contributed by atoms with Gasteiger partial charge in [0.25, 0.3) is 0 Å². The van der Waals surface area contributed by atoms with Crippen molar-refractivity contribution in [1.29, 1.82) is 0 Å². The van der Waals surface area contributed by atoms with Crippen LogP contribution in [0.25, 0.3) is 0 Å². The summed E-state index contributed by atoms with van der Waals surface area (Å²) >= 11 is 2.27. The van der Waals surface area contributed by atoms with Gasteiger partial charge in [0.15, 0.2) is 5.82 Å². The Morgan fingerprint density at radius 3 is 2.70 bits per heavy atom. The first-order chi connectivity index (χ1) is 9.45. The van der Waals surface area contributed by atoms with Gasteiger partial charge in [-0.15, -0.1) is 0 Å². The van der Waals surface area contributed by atoms with Gasteiger partial charge in [-0.1, -0.05) is 11.2 Å². The Morgan fingerprint density at radius 2 is 2.10 bits per heavy atom. The van der Waals surface area contributed by atoms with Crippen LogP contribution in [0.2, 0.25) is 0 Å². The molecule has 20 heavy (non-hydrogen) atoms. The molecule has 0 spiro atoms. The van der Waals surface area contributed by atoms with Crippen molar-refractivity contribution in [3.05, 3.63) is 39.2 Å². The molecule has 1 aromatic heterocycles. The molecule has 1 aromatic carbocycles. The number of aryl methyl sites for hydroxylation is 2. The van der Waals surface area contributed by atoms with Gasteiger partial charge in [0, 0.05) is 15.3 Å². The van der Waals surface area contributed by atoms with Gasteiger partial charge in [0.05, 0.1) is 0 Å². The van der Waals surface area contributed by atoms with E-state index in [-0.39, 0.29) is 11.9 Å². The zero-order chi connectivity index (χ0) is 14.7. The summed E-state index contributed by atoms with van der Waals surface area (Å²) in [6.45, 7) is 5.63. The summed E-state index contributed by atoms with van der Waals surface area (Å²) in [5.74, 6) is 0.933. The molecule has 2 rings (SSSR count). The van der Waals surface area contributed by atoms with Gasteiger partial charge < -0.3 is 15.2 Å². The Bertz CT molecular complexity index is 625. The number of benzene rings is 1. The number of anilines is 2. The normalized spacial score (nSPS) is 12.0. The van der Waals surface area contributed by atoms with Crippen LogP contribution in [0.3, 0.4) is 0 Å². The zero-order valence-electron chi connectivity index (χ0n) is 11.5. The number of carbonyl (C=O) groups excluding carboxylic acids is 1. The van der Waals surface area contributed by atoms with Crippen LogP contribution in [0, 0.1) is 17.4 Å². The van der Waals surface area contributed by atoms with Gasteiger partial charge in [0.1, 0.15) is 11.8 Å². The average molecular weight is 385 g/mol. The van der Waals surface area contributed by atoms with E-state index in [1.54, 1.807) is 19.9 Å². The van der Waals surface area contributed by atoms with Gasteiger partial charge in [0.2, 0.25) is 5.91 Å². The molecule has 0 aliphatic rings. The molecule has 0 aliphatic carbocycles. The lowest BCUT2D eigenvalue weighted by atomic mass is 10.2. The van der Waals surface area contributed by atoms with Crippen LogP contribution >= 0.6 is 22.6 Å². The number of hydrogen-bond donors (Lipinski definition) is 2. The van der Waals surface area contributed by atoms with Gasteiger partial charge in [-0.05, 0) is 61.1 Å². The second kappa shape index (κ2) is 6.25. The standard InChI is InChI=1S/C14H16IN3O2/c1-8-4-5-11(7-12(8)15)16-10(3)14(19)17-13-6-9(2)20-18-13/h4-7,10,16H,1-3H3,(H,17,18,19)/t10-/m0/s1. The van der Waals surface area contributed by atoms with Crippen molar-refractivity contribution in [2.24, 2.45) is 0 Å². The third-order valence-corrected chi connectivity index (χ3v) is 3.99. The van der Waals surface area contributed by atoms with E-state index in [4.69, 9.17) is 4.52 Å².